The maximum Gasteiger partial charge on any atom is 0.214 e. The van der Waals surface area contributed by atoms with E-state index in [9.17, 15) is 13.7 Å². The number of H-pyrrole nitrogens is 1. The van der Waals surface area contributed by atoms with Crippen LogP contribution < -0.4 is 9.64 Å². The molecule has 6 nitrogen and oxygen atoms in total. The van der Waals surface area contributed by atoms with Crippen LogP contribution in [0.2, 0.25) is 0 Å². The van der Waals surface area contributed by atoms with Crippen molar-refractivity contribution in [2.75, 3.05) is 25.1 Å². The molecule has 0 spiro atoms. The lowest BCUT2D eigenvalue weighted by molar-refractivity contribution is 0.198. The summed E-state index contributed by atoms with van der Waals surface area (Å²) in [6, 6.07) is 17.1. The van der Waals surface area contributed by atoms with Crippen molar-refractivity contribution in [1.29, 1.82) is 0 Å². The normalized spacial score (nSPS) is 17.1. The van der Waals surface area contributed by atoms with E-state index in [2.05, 4.69) is 14.9 Å². The van der Waals surface area contributed by atoms with Crippen LogP contribution in [0.5, 0.6) is 5.88 Å². The molecule has 1 saturated heterocycles. The van der Waals surface area contributed by atoms with Crippen molar-refractivity contribution >= 4 is 27.5 Å². The minimum Gasteiger partial charge on any atom is -0.481 e. The Bertz CT molecular complexity index is 1310. The quantitative estimate of drug-likeness (QED) is 0.477. The molecule has 0 aliphatic carbocycles. The highest BCUT2D eigenvalue weighted by Crippen LogP contribution is 2.36. The number of aromatic nitrogens is 2. The van der Waals surface area contributed by atoms with E-state index in [1.807, 2.05) is 30.3 Å². The van der Waals surface area contributed by atoms with Gasteiger partial charge in [0, 0.05) is 51.3 Å². The average Bonchev–Trinajstić information content (AvgIpc) is 3.44. The van der Waals surface area contributed by atoms with Gasteiger partial charge >= 0.3 is 0 Å². The summed E-state index contributed by atoms with van der Waals surface area (Å²) in [5.74, 6) is 0.148. The highest BCUT2D eigenvalue weighted by atomic mass is 32.2. The Morgan fingerprint density at radius 3 is 2.62 bits per heavy atom. The van der Waals surface area contributed by atoms with Crippen LogP contribution in [0.1, 0.15) is 6.42 Å². The Kier molecular flexibility index (Phi) is 5.40. The van der Waals surface area contributed by atoms with Crippen LogP contribution >= 0.6 is 0 Å². The molecule has 8 heteroatoms. The van der Waals surface area contributed by atoms with Crippen LogP contribution in [0, 0.1) is 5.82 Å². The SMILES string of the molecule is COc1ccc2cc(-c3cc([S@](=O)c4ccc(F)cc4)ccc3N3CCC(O)C3)[nH]c2n1. The first-order valence-electron chi connectivity index (χ1n) is 10.3. The number of β-amino-alcohol motifs (C(OH)–C–C–N with tert-alkyl or cyclic N) is 1. The molecule has 0 amide bonds. The zero-order valence-electron chi connectivity index (χ0n) is 17.4. The monoisotopic (exact) mass is 451 g/mol. The Morgan fingerprint density at radius 1 is 1.12 bits per heavy atom. The van der Waals surface area contributed by atoms with Crippen LogP contribution in [0.3, 0.4) is 0 Å². The smallest absolute Gasteiger partial charge is 0.214 e. The van der Waals surface area contributed by atoms with Gasteiger partial charge in [0.15, 0.2) is 0 Å². The topological polar surface area (TPSA) is 78.5 Å². The summed E-state index contributed by atoms with van der Waals surface area (Å²) in [6.07, 6.45) is 0.332. The lowest BCUT2D eigenvalue weighted by Crippen LogP contribution is -2.21. The molecule has 2 aromatic carbocycles. The van der Waals surface area contributed by atoms with Gasteiger partial charge in [0.25, 0.3) is 0 Å². The van der Waals surface area contributed by atoms with Gasteiger partial charge in [0.1, 0.15) is 11.5 Å². The Labute approximate surface area is 187 Å². The number of rotatable bonds is 5. The van der Waals surface area contributed by atoms with Gasteiger partial charge in [0.2, 0.25) is 5.88 Å². The van der Waals surface area contributed by atoms with Crippen molar-refractivity contribution in [3.05, 3.63) is 66.5 Å². The van der Waals surface area contributed by atoms with Gasteiger partial charge in [-0.05, 0) is 61.0 Å². The van der Waals surface area contributed by atoms with Crippen LogP contribution in [-0.4, -0.2) is 45.6 Å². The van der Waals surface area contributed by atoms with Gasteiger partial charge in [-0.15, -0.1) is 0 Å². The molecule has 4 aromatic rings. The Balaban J connectivity index is 1.61. The number of nitrogens with zero attached hydrogens (tertiary/aromatic N) is 2. The highest BCUT2D eigenvalue weighted by Gasteiger charge is 2.24. The lowest BCUT2D eigenvalue weighted by Gasteiger charge is -2.22. The van der Waals surface area contributed by atoms with Gasteiger partial charge in [-0.25, -0.2) is 8.60 Å². The maximum absolute atomic E-state index is 13.3. The molecule has 0 bridgehead atoms. The molecule has 3 heterocycles. The largest absolute Gasteiger partial charge is 0.481 e. The second-order valence-electron chi connectivity index (χ2n) is 7.76. The van der Waals surface area contributed by atoms with Crippen LogP contribution in [0.4, 0.5) is 10.1 Å². The van der Waals surface area contributed by atoms with Gasteiger partial charge in [0.05, 0.1) is 24.0 Å². The molecule has 1 aliphatic rings. The first-order valence-corrected chi connectivity index (χ1v) is 11.5. The van der Waals surface area contributed by atoms with Crippen LogP contribution in [0.15, 0.2) is 70.5 Å². The third-order valence-corrected chi connectivity index (χ3v) is 7.05. The first-order chi connectivity index (χ1) is 15.5. The molecular formula is C24H22FN3O3S. The summed E-state index contributed by atoms with van der Waals surface area (Å²) < 4.78 is 31.7. The fourth-order valence-corrected chi connectivity index (χ4v) is 5.10. The molecule has 2 aromatic heterocycles. The van der Waals surface area contributed by atoms with Gasteiger partial charge in [-0.3, -0.25) is 0 Å². The zero-order valence-corrected chi connectivity index (χ0v) is 18.2. The van der Waals surface area contributed by atoms with E-state index in [0.717, 1.165) is 28.9 Å². The van der Waals surface area contributed by atoms with E-state index in [1.54, 1.807) is 13.2 Å². The number of halogens is 1. The molecule has 164 valence electrons. The van der Waals surface area contributed by atoms with Crippen LogP contribution in [0.25, 0.3) is 22.3 Å². The number of fused-ring (bicyclic) bond motifs is 1. The van der Waals surface area contributed by atoms with Crippen molar-refractivity contribution in [1.82, 2.24) is 9.97 Å². The summed E-state index contributed by atoms with van der Waals surface area (Å²) in [4.78, 5) is 11.1. The predicted molar refractivity (Wildman–Crippen MR) is 122 cm³/mol. The number of hydrogen-bond donors (Lipinski definition) is 2. The number of aromatic amines is 1. The van der Waals surface area contributed by atoms with Crippen LogP contribution in [-0.2, 0) is 10.8 Å². The van der Waals surface area contributed by atoms with E-state index in [1.165, 1.54) is 24.3 Å². The molecule has 0 saturated carbocycles. The minimum atomic E-state index is -1.46. The van der Waals surface area contributed by atoms with Gasteiger partial charge in [-0.2, -0.15) is 4.98 Å². The third kappa shape index (κ3) is 3.87. The number of benzene rings is 2. The fraction of sp³-hybridized carbons (Fsp3) is 0.208. The number of pyridine rings is 1. The van der Waals surface area contributed by atoms with Crippen molar-refractivity contribution in [3.63, 3.8) is 0 Å². The second kappa shape index (κ2) is 8.37. The van der Waals surface area contributed by atoms with Gasteiger partial charge in [-0.1, -0.05) is 0 Å². The molecule has 1 unspecified atom stereocenters. The first kappa shape index (κ1) is 20.7. The highest BCUT2D eigenvalue weighted by molar-refractivity contribution is 7.85. The number of hydrogen-bond acceptors (Lipinski definition) is 5. The van der Waals surface area contributed by atoms with E-state index in [4.69, 9.17) is 4.74 Å². The van der Waals surface area contributed by atoms with E-state index >= 15 is 0 Å². The number of anilines is 1. The average molecular weight is 452 g/mol. The summed E-state index contributed by atoms with van der Waals surface area (Å²) in [7, 11) is 0.110. The molecule has 1 fully saturated rings. The molecular weight excluding hydrogens is 429 g/mol. The Morgan fingerprint density at radius 2 is 1.91 bits per heavy atom. The fourth-order valence-electron chi connectivity index (χ4n) is 4.02. The standard InChI is InChI=1S/C24H22FN3O3S/c1-31-23-9-2-15-12-21(26-24(15)27-23)20-13-19(32(30)18-5-3-16(25)4-6-18)7-8-22(20)28-11-10-17(29)14-28/h2-9,12-13,17,29H,10-11,14H2,1H3,(H,26,27)/t17?,32-/m1/s1. The van der Waals surface area contributed by atoms with E-state index in [-0.39, 0.29) is 11.9 Å². The molecule has 5 rings (SSSR count). The number of ether oxygens (including phenoxy) is 1. The molecule has 0 radical (unpaired) electrons. The van der Waals surface area contributed by atoms with Crippen molar-refractivity contribution in [3.8, 4) is 17.1 Å². The van der Waals surface area contributed by atoms with E-state index in [0.29, 0.717) is 34.3 Å². The van der Waals surface area contributed by atoms with Crippen molar-refractivity contribution < 1.29 is 18.4 Å². The summed E-state index contributed by atoms with van der Waals surface area (Å²) >= 11 is 0. The second-order valence-corrected chi connectivity index (χ2v) is 9.24. The maximum atomic E-state index is 13.3. The van der Waals surface area contributed by atoms with Crippen molar-refractivity contribution in [2.45, 2.75) is 22.3 Å². The van der Waals surface area contributed by atoms with Gasteiger partial charge < -0.3 is 19.7 Å². The third-order valence-electron chi connectivity index (χ3n) is 5.67. The summed E-state index contributed by atoms with van der Waals surface area (Å²) in [6.45, 7) is 1.28. The zero-order chi connectivity index (χ0) is 22.2. The summed E-state index contributed by atoms with van der Waals surface area (Å²) in [5, 5.41) is 11.0. The summed E-state index contributed by atoms with van der Waals surface area (Å²) in [5.41, 5.74) is 3.33. The Hall–Kier alpha value is -3.23. The molecule has 1 aliphatic heterocycles. The molecule has 2 atom stereocenters. The minimum absolute atomic E-state index is 0.365. The van der Waals surface area contributed by atoms with Crippen molar-refractivity contribution in [2.24, 2.45) is 0 Å². The lowest BCUT2D eigenvalue weighted by atomic mass is 10.1. The number of nitrogens with one attached hydrogen (secondary N) is 1. The number of aliphatic hydroxyl groups excluding tert-OH is 1. The van der Waals surface area contributed by atoms with E-state index < -0.39 is 10.8 Å². The molecule has 2 N–H and O–H groups in total. The molecule has 32 heavy (non-hydrogen) atoms. The number of methoxy groups -OCH3 is 1. The predicted octanol–water partition coefficient (Wildman–Crippen LogP) is 4.12. The number of aliphatic hydroxyl groups is 1.